The monoisotopic (exact) mass is 297 g/mol. The van der Waals surface area contributed by atoms with Crippen LogP contribution in [0.5, 0.6) is 0 Å². The Labute approximate surface area is 124 Å². The standard InChI is InChI=1S/C16H21ClFNO/c17-14-8-13-11(7-15(14)18)3-6-16(13)19-12-4-1-10(9-20)2-5-12/h7-8,10,12,16,19-20H,1-6,9H2. The highest BCUT2D eigenvalue weighted by atomic mass is 35.5. The fourth-order valence-electron chi connectivity index (χ4n) is 3.57. The lowest BCUT2D eigenvalue weighted by Gasteiger charge is -2.30. The third-order valence-corrected chi connectivity index (χ3v) is 5.09. The predicted octanol–water partition coefficient (Wildman–Crippen LogP) is 3.61. The van der Waals surface area contributed by atoms with Gasteiger partial charge in [0.25, 0.3) is 0 Å². The van der Waals surface area contributed by atoms with Gasteiger partial charge in [0.2, 0.25) is 0 Å². The molecule has 0 heterocycles. The normalized spacial score (nSPS) is 29.4. The van der Waals surface area contributed by atoms with Gasteiger partial charge < -0.3 is 10.4 Å². The Kier molecular flexibility index (Phi) is 4.29. The van der Waals surface area contributed by atoms with Crippen molar-refractivity contribution in [2.75, 3.05) is 6.61 Å². The van der Waals surface area contributed by atoms with Crippen LogP contribution in [0.1, 0.15) is 49.3 Å². The molecule has 110 valence electrons. The van der Waals surface area contributed by atoms with Crippen molar-refractivity contribution in [2.24, 2.45) is 5.92 Å². The first-order valence-electron chi connectivity index (χ1n) is 7.52. The van der Waals surface area contributed by atoms with Crippen molar-refractivity contribution in [1.29, 1.82) is 0 Å². The molecule has 0 amide bonds. The zero-order valence-corrected chi connectivity index (χ0v) is 12.3. The van der Waals surface area contributed by atoms with Gasteiger partial charge in [-0.1, -0.05) is 11.6 Å². The van der Waals surface area contributed by atoms with Gasteiger partial charge in [-0.15, -0.1) is 0 Å². The van der Waals surface area contributed by atoms with Gasteiger partial charge in [0.05, 0.1) is 5.02 Å². The van der Waals surface area contributed by atoms with E-state index in [1.165, 1.54) is 5.56 Å². The number of aryl methyl sites for hydroxylation is 1. The van der Waals surface area contributed by atoms with Gasteiger partial charge in [0.15, 0.2) is 0 Å². The van der Waals surface area contributed by atoms with Crippen molar-refractivity contribution in [3.63, 3.8) is 0 Å². The molecule has 1 atom stereocenters. The first-order valence-corrected chi connectivity index (χ1v) is 7.90. The summed E-state index contributed by atoms with van der Waals surface area (Å²) in [4.78, 5) is 0. The molecule has 0 spiro atoms. The van der Waals surface area contributed by atoms with E-state index in [1.807, 2.05) is 0 Å². The van der Waals surface area contributed by atoms with Crippen molar-refractivity contribution in [1.82, 2.24) is 5.32 Å². The Morgan fingerprint density at radius 1 is 1.20 bits per heavy atom. The summed E-state index contributed by atoms with van der Waals surface area (Å²) < 4.78 is 13.5. The highest BCUT2D eigenvalue weighted by Gasteiger charge is 2.28. The summed E-state index contributed by atoms with van der Waals surface area (Å²) in [6, 6.07) is 4.19. The fourth-order valence-corrected chi connectivity index (χ4v) is 3.74. The van der Waals surface area contributed by atoms with Crippen molar-refractivity contribution < 1.29 is 9.50 Å². The van der Waals surface area contributed by atoms with E-state index in [0.29, 0.717) is 24.6 Å². The Morgan fingerprint density at radius 3 is 2.65 bits per heavy atom. The van der Waals surface area contributed by atoms with Crippen LogP contribution in [0.15, 0.2) is 12.1 Å². The van der Waals surface area contributed by atoms with Crippen molar-refractivity contribution in [3.05, 3.63) is 34.1 Å². The van der Waals surface area contributed by atoms with E-state index >= 15 is 0 Å². The van der Waals surface area contributed by atoms with Crippen LogP contribution < -0.4 is 5.32 Å². The predicted molar refractivity (Wildman–Crippen MR) is 78.4 cm³/mol. The molecule has 0 saturated heterocycles. The van der Waals surface area contributed by atoms with Crippen LogP contribution in [0.2, 0.25) is 5.02 Å². The summed E-state index contributed by atoms with van der Waals surface area (Å²) >= 11 is 5.91. The van der Waals surface area contributed by atoms with E-state index in [-0.39, 0.29) is 10.8 Å². The molecule has 2 aliphatic carbocycles. The maximum Gasteiger partial charge on any atom is 0.142 e. The number of nitrogens with one attached hydrogen (secondary N) is 1. The minimum atomic E-state index is -0.311. The number of halogens is 2. The van der Waals surface area contributed by atoms with Crippen molar-refractivity contribution in [2.45, 2.75) is 50.6 Å². The average molecular weight is 298 g/mol. The molecule has 20 heavy (non-hydrogen) atoms. The number of hydrogen-bond donors (Lipinski definition) is 2. The lowest BCUT2D eigenvalue weighted by molar-refractivity contribution is 0.171. The minimum Gasteiger partial charge on any atom is -0.396 e. The quantitative estimate of drug-likeness (QED) is 0.893. The minimum absolute atomic E-state index is 0.224. The van der Waals surface area contributed by atoms with E-state index in [2.05, 4.69) is 5.32 Å². The summed E-state index contributed by atoms with van der Waals surface area (Å²) in [5.74, 6) is 0.168. The summed E-state index contributed by atoms with van der Waals surface area (Å²) in [6.07, 6.45) is 6.37. The van der Waals surface area contributed by atoms with Gasteiger partial charge in [-0.05, 0) is 67.7 Å². The number of rotatable bonds is 3. The number of aliphatic hydroxyl groups is 1. The first kappa shape index (κ1) is 14.3. The number of hydrogen-bond acceptors (Lipinski definition) is 2. The summed E-state index contributed by atoms with van der Waals surface area (Å²) in [5, 5.41) is 13.1. The molecular weight excluding hydrogens is 277 g/mol. The van der Waals surface area contributed by atoms with Gasteiger partial charge in [-0.25, -0.2) is 4.39 Å². The fraction of sp³-hybridized carbons (Fsp3) is 0.625. The second kappa shape index (κ2) is 6.00. The second-order valence-corrected chi connectivity index (χ2v) is 6.53. The van der Waals surface area contributed by atoms with Gasteiger partial charge in [0, 0.05) is 18.7 Å². The maximum absolute atomic E-state index is 13.5. The molecule has 2 aliphatic rings. The molecule has 4 heteroatoms. The Morgan fingerprint density at radius 2 is 1.95 bits per heavy atom. The molecule has 0 radical (unpaired) electrons. The van der Waals surface area contributed by atoms with Crippen LogP contribution in [0, 0.1) is 11.7 Å². The molecule has 1 saturated carbocycles. The molecule has 0 aromatic heterocycles. The smallest absolute Gasteiger partial charge is 0.142 e. The molecule has 1 aromatic carbocycles. The van der Waals surface area contributed by atoms with Crippen LogP contribution >= 0.6 is 11.6 Å². The SMILES string of the molecule is OCC1CCC(NC2CCc3cc(F)c(Cl)cc32)CC1. The number of benzene rings is 1. The molecule has 1 unspecified atom stereocenters. The highest BCUT2D eigenvalue weighted by Crippen LogP contribution is 2.36. The molecular formula is C16H21ClFNO. The largest absolute Gasteiger partial charge is 0.396 e. The molecule has 1 aromatic rings. The van der Waals surface area contributed by atoms with Crippen molar-refractivity contribution in [3.8, 4) is 0 Å². The molecule has 1 fully saturated rings. The van der Waals surface area contributed by atoms with Crippen LogP contribution in [-0.2, 0) is 6.42 Å². The Balaban J connectivity index is 1.65. The van der Waals surface area contributed by atoms with E-state index in [1.54, 1.807) is 12.1 Å². The maximum atomic E-state index is 13.5. The Hall–Kier alpha value is -0.640. The number of fused-ring (bicyclic) bond motifs is 1. The van der Waals surface area contributed by atoms with E-state index in [0.717, 1.165) is 44.1 Å². The zero-order valence-electron chi connectivity index (χ0n) is 11.5. The van der Waals surface area contributed by atoms with E-state index in [9.17, 15) is 9.50 Å². The molecule has 2 N–H and O–H groups in total. The van der Waals surface area contributed by atoms with Crippen LogP contribution in [0.3, 0.4) is 0 Å². The van der Waals surface area contributed by atoms with Gasteiger partial charge in [0.1, 0.15) is 5.82 Å². The van der Waals surface area contributed by atoms with Gasteiger partial charge in [-0.3, -0.25) is 0 Å². The number of aliphatic hydroxyl groups excluding tert-OH is 1. The van der Waals surface area contributed by atoms with Crippen LogP contribution in [0.4, 0.5) is 4.39 Å². The average Bonchev–Trinajstić information content (AvgIpc) is 2.83. The van der Waals surface area contributed by atoms with Gasteiger partial charge in [-0.2, -0.15) is 0 Å². The van der Waals surface area contributed by atoms with E-state index < -0.39 is 0 Å². The summed E-state index contributed by atoms with van der Waals surface area (Å²) in [6.45, 7) is 0.313. The zero-order chi connectivity index (χ0) is 14.1. The Bertz CT molecular complexity index is 486. The topological polar surface area (TPSA) is 32.3 Å². The highest BCUT2D eigenvalue weighted by molar-refractivity contribution is 6.30. The third-order valence-electron chi connectivity index (χ3n) is 4.80. The van der Waals surface area contributed by atoms with Gasteiger partial charge >= 0.3 is 0 Å². The second-order valence-electron chi connectivity index (χ2n) is 6.12. The van der Waals surface area contributed by atoms with E-state index in [4.69, 9.17) is 11.6 Å². The molecule has 0 aliphatic heterocycles. The lowest BCUT2D eigenvalue weighted by Crippen LogP contribution is -2.35. The molecule has 2 nitrogen and oxygen atoms in total. The van der Waals surface area contributed by atoms with Crippen molar-refractivity contribution >= 4 is 11.6 Å². The van der Waals surface area contributed by atoms with Crippen LogP contribution in [0.25, 0.3) is 0 Å². The molecule has 0 bridgehead atoms. The summed E-state index contributed by atoms with van der Waals surface area (Å²) in [5.41, 5.74) is 2.26. The first-order chi connectivity index (χ1) is 9.67. The molecule has 3 rings (SSSR count). The third kappa shape index (κ3) is 2.85. The summed E-state index contributed by atoms with van der Waals surface area (Å²) in [7, 11) is 0. The van der Waals surface area contributed by atoms with Crippen LogP contribution in [-0.4, -0.2) is 17.8 Å². The lowest BCUT2D eigenvalue weighted by atomic mass is 9.86.